The van der Waals surface area contributed by atoms with Crippen molar-refractivity contribution in [1.82, 2.24) is 10.6 Å². The predicted molar refractivity (Wildman–Crippen MR) is 67.0 cm³/mol. The zero-order valence-electron chi connectivity index (χ0n) is 10.4. The molecule has 1 atom stereocenters. The highest BCUT2D eigenvalue weighted by Crippen LogP contribution is 2.02. The van der Waals surface area contributed by atoms with Gasteiger partial charge < -0.3 is 21.5 Å². The minimum atomic E-state index is -1.39. The van der Waals surface area contributed by atoms with Crippen LogP contribution in [-0.2, 0) is 16.1 Å². The number of primary amides is 1. The number of hydrogen-bond acceptors (Lipinski definition) is 3. The van der Waals surface area contributed by atoms with Crippen LogP contribution in [0, 0.1) is 5.82 Å². The number of aliphatic carboxylic acids is 1. The van der Waals surface area contributed by atoms with E-state index in [4.69, 9.17) is 10.8 Å². The summed E-state index contributed by atoms with van der Waals surface area (Å²) in [4.78, 5) is 32.9. The highest BCUT2D eigenvalue weighted by molar-refractivity contribution is 5.87. The van der Waals surface area contributed by atoms with Crippen LogP contribution in [0.2, 0.25) is 0 Å². The molecule has 0 heterocycles. The Balaban J connectivity index is 2.47. The minimum absolute atomic E-state index is 0.0923. The maximum absolute atomic E-state index is 12.7. The average molecular weight is 283 g/mol. The standard InChI is InChI=1S/C12H14FN3O4/c13-8-3-1-7(2-4-8)6-15-12(20)16-9(11(18)19)5-10(14)17/h1-4,9H,5-6H2,(H2,14,17)(H,18,19)(H2,15,16,20)/t9-/m1/s1. The Hall–Kier alpha value is -2.64. The summed E-state index contributed by atoms with van der Waals surface area (Å²) in [5, 5.41) is 13.3. The lowest BCUT2D eigenvalue weighted by molar-refractivity contribution is -0.140. The van der Waals surface area contributed by atoms with Crippen molar-refractivity contribution in [2.24, 2.45) is 5.73 Å². The van der Waals surface area contributed by atoms with Crippen molar-refractivity contribution >= 4 is 17.9 Å². The quantitative estimate of drug-likeness (QED) is 0.585. The Labute approximate surface area is 114 Å². The van der Waals surface area contributed by atoms with Gasteiger partial charge in [-0.1, -0.05) is 12.1 Å². The number of carboxylic acids is 1. The van der Waals surface area contributed by atoms with E-state index < -0.39 is 36.2 Å². The van der Waals surface area contributed by atoms with Crippen molar-refractivity contribution in [1.29, 1.82) is 0 Å². The van der Waals surface area contributed by atoms with Gasteiger partial charge in [-0.25, -0.2) is 14.0 Å². The average Bonchev–Trinajstić information content (AvgIpc) is 2.36. The zero-order valence-corrected chi connectivity index (χ0v) is 10.4. The number of amides is 3. The molecule has 0 aliphatic carbocycles. The van der Waals surface area contributed by atoms with Gasteiger partial charge in [0.25, 0.3) is 0 Å². The van der Waals surface area contributed by atoms with Gasteiger partial charge in [0, 0.05) is 6.54 Å². The SMILES string of the molecule is NC(=O)C[C@@H](NC(=O)NCc1ccc(F)cc1)C(=O)O. The molecule has 0 unspecified atom stereocenters. The zero-order chi connectivity index (χ0) is 15.1. The summed E-state index contributed by atoms with van der Waals surface area (Å²) < 4.78 is 12.7. The lowest BCUT2D eigenvalue weighted by atomic mass is 10.2. The van der Waals surface area contributed by atoms with Gasteiger partial charge in [-0.05, 0) is 17.7 Å². The van der Waals surface area contributed by atoms with E-state index in [2.05, 4.69) is 10.6 Å². The number of urea groups is 1. The summed E-state index contributed by atoms with van der Waals surface area (Å²) in [6.07, 6.45) is -0.501. The van der Waals surface area contributed by atoms with Gasteiger partial charge >= 0.3 is 12.0 Å². The molecular weight excluding hydrogens is 269 g/mol. The van der Waals surface area contributed by atoms with Crippen molar-refractivity contribution in [3.05, 3.63) is 35.6 Å². The van der Waals surface area contributed by atoms with Crippen LogP contribution in [0.5, 0.6) is 0 Å². The van der Waals surface area contributed by atoms with Crippen LogP contribution in [-0.4, -0.2) is 29.1 Å². The Morgan fingerprint density at radius 3 is 2.35 bits per heavy atom. The lowest BCUT2D eigenvalue weighted by Gasteiger charge is -2.13. The van der Waals surface area contributed by atoms with E-state index in [-0.39, 0.29) is 6.54 Å². The van der Waals surface area contributed by atoms with Gasteiger partial charge in [-0.3, -0.25) is 4.79 Å². The molecule has 108 valence electrons. The number of rotatable bonds is 6. The molecule has 0 aliphatic heterocycles. The van der Waals surface area contributed by atoms with Crippen LogP contribution in [0.25, 0.3) is 0 Å². The van der Waals surface area contributed by atoms with E-state index in [0.717, 1.165) is 0 Å². The molecule has 0 bridgehead atoms. The molecule has 1 aromatic rings. The number of benzene rings is 1. The lowest BCUT2D eigenvalue weighted by Crippen LogP contribution is -2.47. The fourth-order valence-corrected chi connectivity index (χ4v) is 1.40. The van der Waals surface area contributed by atoms with Crippen LogP contribution in [0.15, 0.2) is 24.3 Å². The maximum Gasteiger partial charge on any atom is 0.326 e. The van der Waals surface area contributed by atoms with Gasteiger partial charge in [0.15, 0.2) is 0 Å². The third-order valence-corrected chi connectivity index (χ3v) is 2.38. The Morgan fingerprint density at radius 2 is 1.85 bits per heavy atom. The first kappa shape index (κ1) is 15.4. The molecular formula is C12H14FN3O4. The predicted octanol–water partition coefficient (Wildman–Crippen LogP) is -0.0465. The Morgan fingerprint density at radius 1 is 1.25 bits per heavy atom. The van der Waals surface area contributed by atoms with Gasteiger partial charge in [0.2, 0.25) is 5.91 Å². The second kappa shape index (κ2) is 7.07. The molecule has 1 aromatic carbocycles. The van der Waals surface area contributed by atoms with Crippen LogP contribution in [0.3, 0.4) is 0 Å². The second-order valence-corrected chi connectivity index (χ2v) is 4.01. The van der Waals surface area contributed by atoms with Gasteiger partial charge in [0.05, 0.1) is 6.42 Å². The van der Waals surface area contributed by atoms with Crippen molar-refractivity contribution in [3.8, 4) is 0 Å². The molecule has 0 saturated heterocycles. The van der Waals surface area contributed by atoms with E-state index in [9.17, 15) is 18.8 Å². The summed E-state index contributed by atoms with van der Waals surface area (Å²) in [7, 11) is 0. The summed E-state index contributed by atoms with van der Waals surface area (Å²) in [5.74, 6) is -2.59. The molecule has 3 amide bonds. The highest BCUT2D eigenvalue weighted by atomic mass is 19.1. The van der Waals surface area contributed by atoms with Crippen LogP contribution < -0.4 is 16.4 Å². The van der Waals surface area contributed by atoms with Crippen molar-refractivity contribution in [2.45, 2.75) is 19.0 Å². The van der Waals surface area contributed by atoms with Crippen molar-refractivity contribution in [3.63, 3.8) is 0 Å². The van der Waals surface area contributed by atoms with Gasteiger partial charge in [-0.15, -0.1) is 0 Å². The van der Waals surface area contributed by atoms with Gasteiger partial charge in [-0.2, -0.15) is 0 Å². The van der Waals surface area contributed by atoms with Crippen molar-refractivity contribution in [2.75, 3.05) is 0 Å². The number of carboxylic acid groups (broad SMARTS) is 1. The number of halogens is 1. The fraction of sp³-hybridized carbons (Fsp3) is 0.250. The first-order valence-electron chi connectivity index (χ1n) is 5.68. The Kier molecular flexibility index (Phi) is 5.45. The summed E-state index contributed by atoms with van der Waals surface area (Å²) in [5.41, 5.74) is 5.52. The Bertz CT molecular complexity index is 504. The fourth-order valence-electron chi connectivity index (χ4n) is 1.40. The van der Waals surface area contributed by atoms with Gasteiger partial charge in [0.1, 0.15) is 11.9 Å². The number of hydrogen-bond donors (Lipinski definition) is 4. The molecule has 5 N–H and O–H groups in total. The summed E-state index contributed by atoms with van der Waals surface area (Å²) in [6, 6.07) is 3.29. The first-order valence-corrected chi connectivity index (χ1v) is 5.68. The molecule has 0 spiro atoms. The van der Waals surface area contributed by atoms with E-state index in [1.807, 2.05) is 0 Å². The van der Waals surface area contributed by atoms with Crippen LogP contribution in [0.4, 0.5) is 9.18 Å². The number of carbonyl (C=O) groups excluding carboxylic acids is 2. The topological polar surface area (TPSA) is 122 Å². The van der Waals surface area contributed by atoms with E-state index in [1.54, 1.807) is 0 Å². The summed E-state index contributed by atoms with van der Waals surface area (Å²) >= 11 is 0. The maximum atomic E-state index is 12.7. The first-order chi connectivity index (χ1) is 9.38. The third kappa shape index (κ3) is 5.34. The van der Waals surface area contributed by atoms with Crippen molar-refractivity contribution < 1.29 is 23.9 Å². The molecule has 0 radical (unpaired) electrons. The van der Waals surface area contributed by atoms with Crippen LogP contribution >= 0.6 is 0 Å². The third-order valence-electron chi connectivity index (χ3n) is 2.38. The number of nitrogens with two attached hydrogens (primary N) is 1. The van der Waals surface area contributed by atoms with E-state index in [1.165, 1.54) is 24.3 Å². The normalized spacial score (nSPS) is 11.4. The van der Waals surface area contributed by atoms with E-state index in [0.29, 0.717) is 5.56 Å². The molecule has 0 saturated carbocycles. The van der Waals surface area contributed by atoms with E-state index >= 15 is 0 Å². The highest BCUT2D eigenvalue weighted by Gasteiger charge is 2.21. The molecule has 20 heavy (non-hydrogen) atoms. The molecule has 8 heteroatoms. The minimum Gasteiger partial charge on any atom is -0.480 e. The monoisotopic (exact) mass is 283 g/mol. The summed E-state index contributed by atoms with van der Waals surface area (Å²) in [6.45, 7) is 0.0923. The molecule has 0 aromatic heterocycles. The number of nitrogens with one attached hydrogen (secondary N) is 2. The molecule has 1 rings (SSSR count). The second-order valence-electron chi connectivity index (χ2n) is 4.01. The molecule has 0 fully saturated rings. The number of carbonyl (C=O) groups is 3. The smallest absolute Gasteiger partial charge is 0.326 e. The van der Waals surface area contributed by atoms with Crippen LogP contribution in [0.1, 0.15) is 12.0 Å². The molecule has 0 aliphatic rings. The molecule has 7 nitrogen and oxygen atoms in total. The largest absolute Gasteiger partial charge is 0.480 e.